The average molecular weight is 227 g/mol. The van der Waals surface area contributed by atoms with E-state index in [1.807, 2.05) is 6.92 Å². The van der Waals surface area contributed by atoms with Gasteiger partial charge in [-0.05, 0) is 12.0 Å². The first-order valence-corrected chi connectivity index (χ1v) is 5.41. The van der Waals surface area contributed by atoms with Crippen LogP contribution in [-0.2, 0) is 12.5 Å². The Balaban J connectivity index is 2.79. The van der Waals surface area contributed by atoms with E-state index in [4.69, 9.17) is 5.73 Å². The van der Waals surface area contributed by atoms with Crippen molar-refractivity contribution in [1.82, 2.24) is 0 Å². The first kappa shape index (κ1) is 13.1. The van der Waals surface area contributed by atoms with Crippen LogP contribution in [0.5, 0.6) is 0 Å². The van der Waals surface area contributed by atoms with Gasteiger partial charge < -0.3 is 11.1 Å². The van der Waals surface area contributed by atoms with E-state index in [1.54, 1.807) is 18.2 Å². The Labute approximate surface area is 94.8 Å². The van der Waals surface area contributed by atoms with Crippen LogP contribution in [0.4, 0.5) is 8.78 Å². The lowest BCUT2D eigenvalue weighted by atomic mass is 9.99. The lowest BCUT2D eigenvalue weighted by Gasteiger charge is -2.24. The molecule has 90 valence electrons. The zero-order chi connectivity index (χ0) is 12.0. The van der Waals surface area contributed by atoms with E-state index in [1.165, 1.54) is 6.07 Å². The maximum absolute atomic E-state index is 13.8. The van der Waals surface area contributed by atoms with E-state index in [9.17, 15) is 8.78 Å². The van der Waals surface area contributed by atoms with Gasteiger partial charge in [0, 0.05) is 12.1 Å². The second kappa shape index (κ2) is 5.92. The molecule has 0 heterocycles. The first-order valence-electron chi connectivity index (χ1n) is 5.41. The van der Waals surface area contributed by atoms with Crippen molar-refractivity contribution in [2.75, 3.05) is 13.1 Å². The number of nitrogens with two attached hydrogens (primary N) is 1. The lowest BCUT2D eigenvalue weighted by molar-refractivity contribution is -0.0102. The van der Waals surface area contributed by atoms with Crippen molar-refractivity contribution in [2.24, 2.45) is 5.73 Å². The molecule has 2 nitrogen and oxygen atoms in total. The zero-order valence-electron chi connectivity index (χ0n) is 9.42. The molecule has 0 radical (unpaired) electrons. The van der Waals surface area contributed by atoms with Gasteiger partial charge >= 0.3 is 0 Å². The molecule has 1 aromatic rings. The highest BCUT2D eigenvalue weighted by molar-refractivity contribution is 5.30. The van der Waals surface area contributed by atoms with Crippen molar-refractivity contribution < 1.29 is 8.78 Å². The summed E-state index contributed by atoms with van der Waals surface area (Å²) in [5.41, 5.74) is 5.98. The van der Waals surface area contributed by atoms with Crippen LogP contribution in [0, 0.1) is 0 Å². The number of nitrogens with zero attached hydrogens (tertiary/aromatic N) is 1. The number of hydrogen-bond donors (Lipinski definition) is 1. The first-order chi connectivity index (χ1) is 7.61. The number of alkyl halides is 2. The number of benzene rings is 1. The molecule has 0 bridgehead atoms. The third-order valence-corrected chi connectivity index (χ3v) is 2.44. The van der Waals surface area contributed by atoms with Gasteiger partial charge in [0.15, 0.2) is 0 Å². The topological polar surface area (TPSA) is 40.1 Å². The minimum atomic E-state index is -2.84. The van der Waals surface area contributed by atoms with Crippen LogP contribution < -0.4 is 5.73 Å². The fraction of sp³-hybridized carbons (Fsp3) is 0.500. The van der Waals surface area contributed by atoms with Crippen LogP contribution in [-0.4, -0.2) is 13.1 Å². The summed E-state index contributed by atoms with van der Waals surface area (Å²) in [6.45, 7) is 2.74. The second-order valence-corrected chi connectivity index (χ2v) is 3.58. The van der Waals surface area contributed by atoms with Gasteiger partial charge in [-0.1, -0.05) is 31.2 Å². The van der Waals surface area contributed by atoms with Crippen molar-refractivity contribution in [3.05, 3.63) is 40.7 Å². The fourth-order valence-corrected chi connectivity index (χ4v) is 1.57. The molecule has 0 spiro atoms. The highest BCUT2D eigenvalue weighted by atomic mass is 19.3. The van der Waals surface area contributed by atoms with Crippen molar-refractivity contribution in [3.8, 4) is 0 Å². The molecule has 0 aliphatic carbocycles. The Morgan fingerprint density at radius 3 is 2.62 bits per heavy atom. The molecular formula is C12H17F2N2-. The van der Waals surface area contributed by atoms with Gasteiger partial charge in [0.2, 0.25) is 0 Å². The van der Waals surface area contributed by atoms with Crippen molar-refractivity contribution in [2.45, 2.75) is 25.8 Å². The Kier molecular flexibility index (Phi) is 4.83. The third kappa shape index (κ3) is 3.25. The Hall–Kier alpha value is -1.00. The van der Waals surface area contributed by atoms with Crippen LogP contribution in [0.15, 0.2) is 24.3 Å². The summed E-state index contributed by atoms with van der Waals surface area (Å²) in [4.78, 5) is 0. The van der Waals surface area contributed by atoms with Crippen LogP contribution in [0.2, 0.25) is 0 Å². The quantitative estimate of drug-likeness (QED) is 0.745. The molecule has 2 N–H and O–H groups in total. The minimum absolute atomic E-state index is 0.0313. The zero-order valence-corrected chi connectivity index (χ0v) is 9.42. The smallest absolute Gasteiger partial charge is 0.271 e. The molecule has 1 rings (SSSR count). The molecule has 0 aliphatic rings. The van der Waals surface area contributed by atoms with E-state index in [0.29, 0.717) is 12.1 Å². The molecule has 0 aromatic heterocycles. The SMILES string of the molecule is CC[N-]CCC(F)(F)c1ccccc1CN. The highest BCUT2D eigenvalue weighted by Crippen LogP contribution is 2.34. The normalized spacial score (nSPS) is 11.8. The van der Waals surface area contributed by atoms with Crippen LogP contribution in [0.25, 0.3) is 5.32 Å². The fourth-order valence-electron chi connectivity index (χ4n) is 1.57. The van der Waals surface area contributed by atoms with Crippen LogP contribution in [0.1, 0.15) is 24.5 Å². The molecule has 0 unspecified atom stereocenters. The van der Waals surface area contributed by atoms with Gasteiger partial charge in [-0.2, -0.15) is 6.54 Å². The van der Waals surface area contributed by atoms with Gasteiger partial charge in [-0.15, -0.1) is 6.54 Å². The van der Waals surface area contributed by atoms with E-state index in [2.05, 4.69) is 5.32 Å². The molecule has 0 aliphatic heterocycles. The second-order valence-electron chi connectivity index (χ2n) is 3.58. The molecule has 4 heteroatoms. The largest absolute Gasteiger partial charge is 0.662 e. The monoisotopic (exact) mass is 227 g/mol. The summed E-state index contributed by atoms with van der Waals surface area (Å²) < 4.78 is 27.6. The average Bonchev–Trinajstić information content (AvgIpc) is 2.29. The van der Waals surface area contributed by atoms with Gasteiger partial charge in [0.25, 0.3) is 5.92 Å². The maximum atomic E-state index is 13.8. The summed E-state index contributed by atoms with van der Waals surface area (Å²) in [6, 6.07) is 6.41. The summed E-state index contributed by atoms with van der Waals surface area (Å²) >= 11 is 0. The van der Waals surface area contributed by atoms with Crippen LogP contribution in [0.3, 0.4) is 0 Å². The Morgan fingerprint density at radius 1 is 1.31 bits per heavy atom. The predicted octanol–water partition coefficient (Wildman–Crippen LogP) is 3.02. The van der Waals surface area contributed by atoms with E-state index in [0.717, 1.165) is 0 Å². The van der Waals surface area contributed by atoms with Gasteiger partial charge in [-0.25, -0.2) is 8.78 Å². The number of rotatable bonds is 6. The molecule has 0 fully saturated rings. The van der Waals surface area contributed by atoms with E-state index >= 15 is 0 Å². The van der Waals surface area contributed by atoms with E-state index in [-0.39, 0.29) is 25.1 Å². The van der Waals surface area contributed by atoms with Crippen LogP contribution >= 0.6 is 0 Å². The Morgan fingerprint density at radius 2 is 2.00 bits per heavy atom. The molecular weight excluding hydrogens is 210 g/mol. The summed E-state index contributed by atoms with van der Waals surface area (Å²) in [5, 5.41) is 3.93. The van der Waals surface area contributed by atoms with Gasteiger partial charge in [0.1, 0.15) is 0 Å². The Bertz CT molecular complexity index is 327. The van der Waals surface area contributed by atoms with Gasteiger partial charge in [-0.3, -0.25) is 0 Å². The minimum Gasteiger partial charge on any atom is -0.662 e. The number of halogens is 2. The maximum Gasteiger partial charge on any atom is 0.271 e. The summed E-state index contributed by atoms with van der Waals surface area (Å²) in [6.07, 6.45) is -0.252. The molecule has 16 heavy (non-hydrogen) atoms. The molecule has 1 aromatic carbocycles. The molecule has 0 atom stereocenters. The van der Waals surface area contributed by atoms with Crippen molar-refractivity contribution in [1.29, 1.82) is 0 Å². The molecule has 0 amide bonds. The number of hydrogen-bond acceptors (Lipinski definition) is 1. The van der Waals surface area contributed by atoms with Crippen molar-refractivity contribution in [3.63, 3.8) is 0 Å². The van der Waals surface area contributed by atoms with Crippen molar-refractivity contribution >= 4 is 0 Å². The standard InChI is InChI=1S/C12H17F2N2/c1-2-16-8-7-12(13,14)11-6-4-3-5-10(11)9-15/h3-6H,2,7-9,15H2,1H3/q-1. The highest BCUT2D eigenvalue weighted by Gasteiger charge is 2.31. The lowest BCUT2D eigenvalue weighted by Crippen LogP contribution is -2.18. The summed E-state index contributed by atoms with van der Waals surface area (Å²) in [7, 11) is 0. The molecule has 0 saturated carbocycles. The van der Waals surface area contributed by atoms with Gasteiger partial charge in [0.05, 0.1) is 0 Å². The van der Waals surface area contributed by atoms with E-state index < -0.39 is 5.92 Å². The predicted molar refractivity (Wildman–Crippen MR) is 61.6 cm³/mol. The molecule has 0 saturated heterocycles. The summed E-state index contributed by atoms with van der Waals surface area (Å²) in [5.74, 6) is -2.84. The third-order valence-electron chi connectivity index (χ3n) is 2.44.